The van der Waals surface area contributed by atoms with E-state index in [1.54, 1.807) is 0 Å². The summed E-state index contributed by atoms with van der Waals surface area (Å²) in [6.45, 7) is 4.05. The molecule has 0 bridgehead atoms. The summed E-state index contributed by atoms with van der Waals surface area (Å²) in [5.74, 6) is -1.02. The highest BCUT2D eigenvalue weighted by atomic mass is 19.1. The SMILES string of the molecule is Cc1cccc(OCc2cc(F)cc(C(=O)O)c2)c1C. The van der Waals surface area contributed by atoms with E-state index in [0.29, 0.717) is 11.3 Å². The van der Waals surface area contributed by atoms with Gasteiger partial charge in [-0.05, 0) is 54.8 Å². The van der Waals surface area contributed by atoms with E-state index in [0.717, 1.165) is 17.2 Å². The smallest absolute Gasteiger partial charge is 0.335 e. The minimum Gasteiger partial charge on any atom is -0.489 e. The van der Waals surface area contributed by atoms with Gasteiger partial charge in [-0.3, -0.25) is 0 Å². The predicted molar refractivity (Wildman–Crippen MR) is 73.6 cm³/mol. The minimum atomic E-state index is -1.16. The van der Waals surface area contributed by atoms with Crippen LogP contribution in [0.1, 0.15) is 27.0 Å². The van der Waals surface area contributed by atoms with E-state index in [9.17, 15) is 9.18 Å². The molecule has 0 aliphatic carbocycles. The molecule has 0 fully saturated rings. The zero-order valence-corrected chi connectivity index (χ0v) is 11.3. The fourth-order valence-corrected chi connectivity index (χ4v) is 1.90. The molecule has 0 atom stereocenters. The molecule has 0 heterocycles. The van der Waals surface area contributed by atoms with Gasteiger partial charge in [0.25, 0.3) is 0 Å². The van der Waals surface area contributed by atoms with Crippen molar-refractivity contribution in [2.24, 2.45) is 0 Å². The maximum atomic E-state index is 13.3. The van der Waals surface area contributed by atoms with Crippen LogP contribution in [0.15, 0.2) is 36.4 Å². The Balaban J connectivity index is 2.19. The lowest BCUT2D eigenvalue weighted by Gasteiger charge is -2.11. The Morgan fingerprint density at radius 1 is 1.25 bits per heavy atom. The number of carboxylic acids is 1. The average Bonchev–Trinajstić information content (AvgIpc) is 2.40. The monoisotopic (exact) mass is 274 g/mol. The van der Waals surface area contributed by atoms with Crippen LogP contribution in [0, 0.1) is 19.7 Å². The summed E-state index contributed by atoms with van der Waals surface area (Å²) in [5.41, 5.74) is 2.53. The van der Waals surface area contributed by atoms with Crippen molar-refractivity contribution in [3.05, 3.63) is 64.5 Å². The molecule has 2 rings (SSSR count). The number of hydrogen-bond acceptors (Lipinski definition) is 2. The highest BCUT2D eigenvalue weighted by molar-refractivity contribution is 5.87. The summed E-state index contributed by atoms with van der Waals surface area (Å²) in [7, 11) is 0. The fraction of sp³-hybridized carbons (Fsp3) is 0.188. The molecule has 1 N–H and O–H groups in total. The Kier molecular flexibility index (Phi) is 4.03. The molecule has 0 saturated heterocycles. The lowest BCUT2D eigenvalue weighted by Crippen LogP contribution is -2.02. The molecule has 0 saturated carbocycles. The molecule has 0 amide bonds. The van der Waals surface area contributed by atoms with Gasteiger partial charge in [0, 0.05) is 0 Å². The van der Waals surface area contributed by atoms with Crippen molar-refractivity contribution in [1.29, 1.82) is 0 Å². The van der Waals surface area contributed by atoms with E-state index in [1.165, 1.54) is 12.1 Å². The average molecular weight is 274 g/mol. The van der Waals surface area contributed by atoms with Crippen molar-refractivity contribution in [1.82, 2.24) is 0 Å². The molecule has 2 aromatic carbocycles. The van der Waals surface area contributed by atoms with Crippen LogP contribution in [0.3, 0.4) is 0 Å². The second-order valence-corrected chi connectivity index (χ2v) is 4.64. The number of ether oxygens (including phenoxy) is 1. The van der Waals surface area contributed by atoms with E-state index in [1.807, 2.05) is 32.0 Å². The number of benzene rings is 2. The molecule has 0 aromatic heterocycles. The van der Waals surface area contributed by atoms with Crippen LogP contribution in [-0.2, 0) is 6.61 Å². The normalized spacial score (nSPS) is 10.3. The Morgan fingerprint density at radius 3 is 2.70 bits per heavy atom. The van der Waals surface area contributed by atoms with Crippen LogP contribution in [0.2, 0.25) is 0 Å². The van der Waals surface area contributed by atoms with Crippen molar-refractivity contribution in [2.75, 3.05) is 0 Å². The van der Waals surface area contributed by atoms with Gasteiger partial charge >= 0.3 is 5.97 Å². The highest BCUT2D eigenvalue weighted by Gasteiger charge is 2.08. The minimum absolute atomic E-state index is 0.0791. The summed E-state index contributed by atoms with van der Waals surface area (Å²) in [4.78, 5) is 10.9. The first-order valence-corrected chi connectivity index (χ1v) is 6.19. The summed E-state index contributed by atoms with van der Waals surface area (Å²) >= 11 is 0. The summed E-state index contributed by atoms with van der Waals surface area (Å²) in [6, 6.07) is 9.37. The maximum Gasteiger partial charge on any atom is 0.335 e. The van der Waals surface area contributed by atoms with Gasteiger partial charge in [0.05, 0.1) is 5.56 Å². The molecular weight excluding hydrogens is 259 g/mol. The van der Waals surface area contributed by atoms with Crippen molar-refractivity contribution in [3.8, 4) is 5.75 Å². The Hall–Kier alpha value is -2.36. The van der Waals surface area contributed by atoms with Gasteiger partial charge in [0.2, 0.25) is 0 Å². The zero-order valence-electron chi connectivity index (χ0n) is 11.3. The molecule has 3 nitrogen and oxygen atoms in total. The Labute approximate surface area is 116 Å². The van der Waals surface area contributed by atoms with Gasteiger partial charge in [-0.15, -0.1) is 0 Å². The van der Waals surface area contributed by atoms with Gasteiger partial charge in [-0.1, -0.05) is 12.1 Å². The lowest BCUT2D eigenvalue weighted by atomic mass is 10.1. The van der Waals surface area contributed by atoms with Gasteiger partial charge in [0.15, 0.2) is 0 Å². The Morgan fingerprint density at radius 2 is 2.00 bits per heavy atom. The van der Waals surface area contributed by atoms with Gasteiger partial charge in [-0.2, -0.15) is 0 Å². The third-order valence-electron chi connectivity index (χ3n) is 3.15. The number of aromatic carboxylic acids is 1. The number of hydrogen-bond donors (Lipinski definition) is 1. The third kappa shape index (κ3) is 3.15. The summed E-state index contributed by atoms with van der Waals surface area (Å²) in [6.07, 6.45) is 0. The third-order valence-corrected chi connectivity index (χ3v) is 3.15. The quantitative estimate of drug-likeness (QED) is 0.924. The number of aryl methyl sites for hydroxylation is 1. The van der Waals surface area contributed by atoms with E-state index in [-0.39, 0.29) is 12.2 Å². The predicted octanol–water partition coefficient (Wildman–Crippen LogP) is 3.72. The van der Waals surface area contributed by atoms with E-state index in [2.05, 4.69) is 0 Å². The van der Waals surface area contributed by atoms with Gasteiger partial charge in [-0.25, -0.2) is 9.18 Å². The molecule has 0 radical (unpaired) electrons. The molecule has 0 spiro atoms. The topological polar surface area (TPSA) is 46.5 Å². The van der Waals surface area contributed by atoms with Crippen LogP contribution < -0.4 is 4.74 Å². The molecule has 0 aliphatic rings. The second kappa shape index (κ2) is 5.74. The highest BCUT2D eigenvalue weighted by Crippen LogP contribution is 2.22. The van der Waals surface area contributed by atoms with Crippen LogP contribution in [-0.4, -0.2) is 11.1 Å². The van der Waals surface area contributed by atoms with Crippen LogP contribution in [0.25, 0.3) is 0 Å². The summed E-state index contributed by atoms with van der Waals surface area (Å²) < 4.78 is 19.0. The standard InChI is InChI=1S/C16H15FO3/c1-10-4-3-5-15(11(10)2)20-9-12-6-13(16(18)19)8-14(17)7-12/h3-8H,9H2,1-2H3,(H,18,19). The number of carbonyl (C=O) groups is 1. The van der Waals surface area contributed by atoms with Gasteiger partial charge in [0.1, 0.15) is 18.2 Å². The van der Waals surface area contributed by atoms with Crippen LogP contribution in [0.4, 0.5) is 4.39 Å². The molecule has 104 valence electrons. The van der Waals surface area contributed by atoms with Gasteiger partial charge < -0.3 is 9.84 Å². The number of carboxylic acid groups (broad SMARTS) is 1. The molecule has 0 aliphatic heterocycles. The first-order valence-electron chi connectivity index (χ1n) is 6.19. The zero-order chi connectivity index (χ0) is 14.7. The molecule has 2 aromatic rings. The van der Waals surface area contributed by atoms with E-state index < -0.39 is 11.8 Å². The van der Waals surface area contributed by atoms with Crippen LogP contribution in [0.5, 0.6) is 5.75 Å². The van der Waals surface area contributed by atoms with Crippen molar-refractivity contribution in [3.63, 3.8) is 0 Å². The largest absolute Gasteiger partial charge is 0.489 e. The van der Waals surface area contributed by atoms with Crippen molar-refractivity contribution in [2.45, 2.75) is 20.5 Å². The van der Waals surface area contributed by atoms with Crippen molar-refractivity contribution >= 4 is 5.97 Å². The lowest BCUT2D eigenvalue weighted by molar-refractivity contribution is 0.0696. The van der Waals surface area contributed by atoms with Crippen LogP contribution >= 0.6 is 0 Å². The van der Waals surface area contributed by atoms with Crippen molar-refractivity contribution < 1.29 is 19.0 Å². The first kappa shape index (κ1) is 14.1. The fourth-order valence-electron chi connectivity index (χ4n) is 1.90. The van der Waals surface area contributed by atoms with E-state index >= 15 is 0 Å². The molecule has 0 unspecified atom stereocenters. The second-order valence-electron chi connectivity index (χ2n) is 4.64. The number of halogens is 1. The molecule has 20 heavy (non-hydrogen) atoms. The summed E-state index contributed by atoms with van der Waals surface area (Å²) in [5, 5.41) is 8.89. The molecular formula is C16H15FO3. The Bertz CT molecular complexity index is 650. The molecule has 4 heteroatoms. The first-order chi connectivity index (χ1) is 9.47. The number of rotatable bonds is 4. The van der Waals surface area contributed by atoms with E-state index in [4.69, 9.17) is 9.84 Å². The maximum absolute atomic E-state index is 13.3.